The van der Waals surface area contributed by atoms with E-state index in [-0.39, 0.29) is 16.8 Å². The van der Waals surface area contributed by atoms with Crippen LogP contribution in [-0.4, -0.2) is 10.9 Å². The molecule has 0 saturated heterocycles. The number of hydrogen-bond donors (Lipinski definition) is 2. The van der Waals surface area contributed by atoms with Crippen molar-refractivity contribution in [1.29, 1.82) is 0 Å². The Morgan fingerprint density at radius 1 is 1.59 bits per heavy atom. The molecule has 3 nitrogen and oxygen atoms in total. The van der Waals surface area contributed by atoms with Gasteiger partial charge in [0.1, 0.15) is 4.99 Å². The molecule has 0 spiro atoms. The Bertz CT molecular complexity index is 448. The topological polar surface area (TPSA) is 55.1 Å². The average molecular weight is 271 g/mol. The summed E-state index contributed by atoms with van der Waals surface area (Å²) in [6.45, 7) is 3.82. The summed E-state index contributed by atoms with van der Waals surface area (Å²) < 4.78 is 0. The molecular formula is C12H15ClN2OS. The highest BCUT2D eigenvalue weighted by molar-refractivity contribution is 7.80. The molecule has 0 aromatic heterocycles. The number of halogens is 1. The third kappa shape index (κ3) is 3.68. The molecule has 1 aromatic carbocycles. The lowest BCUT2D eigenvalue weighted by molar-refractivity contribution is -0.119. The molecule has 0 bridgehead atoms. The van der Waals surface area contributed by atoms with Crippen molar-refractivity contribution < 1.29 is 4.79 Å². The van der Waals surface area contributed by atoms with E-state index >= 15 is 0 Å². The van der Waals surface area contributed by atoms with E-state index in [1.54, 1.807) is 18.2 Å². The standard InChI is InChI=1S/C12H15ClN2OS/c1-3-7(2)12(16)15-10-6-8(13)4-5-9(10)11(14)17/h4-7H,3H2,1-2H3,(H2,14,17)(H,15,16). The molecule has 1 aromatic rings. The first kappa shape index (κ1) is 13.9. The summed E-state index contributed by atoms with van der Waals surface area (Å²) in [6.07, 6.45) is 0.773. The summed E-state index contributed by atoms with van der Waals surface area (Å²) in [5.74, 6) is -0.125. The Morgan fingerprint density at radius 3 is 2.76 bits per heavy atom. The number of carbonyl (C=O) groups excluding carboxylic acids is 1. The molecular weight excluding hydrogens is 256 g/mol. The van der Waals surface area contributed by atoms with Gasteiger partial charge in [0.05, 0.1) is 5.69 Å². The minimum atomic E-state index is -0.0627. The Kier molecular flexibility index (Phi) is 4.90. The Hall–Kier alpha value is -1.13. The minimum absolute atomic E-state index is 0.0619. The SMILES string of the molecule is CCC(C)C(=O)Nc1cc(Cl)ccc1C(N)=S. The van der Waals surface area contributed by atoms with Gasteiger partial charge in [0.25, 0.3) is 0 Å². The van der Waals surface area contributed by atoms with Crippen molar-refractivity contribution in [3.05, 3.63) is 28.8 Å². The van der Waals surface area contributed by atoms with E-state index in [0.717, 1.165) is 6.42 Å². The number of amides is 1. The molecule has 0 aliphatic rings. The Balaban J connectivity index is 3.00. The predicted molar refractivity (Wildman–Crippen MR) is 75.4 cm³/mol. The molecule has 5 heteroatoms. The van der Waals surface area contributed by atoms with Gasteiger partial charge in [0.15, 0.2) is 0 Å². The van der Waals surface area contributed by atoms with Crippen LogP contribution in [0.15, 0.2) is 18.2 Å². The van der Waals surface area contributed by atoms with Crippen LogP contribution < -0.4 is 11.1 Å². The maximum atomic E-state index is 11.8. The van der Waals surface area contributed by atoms with Crippen molar-refractivity contribution in [3.63, 3.8) is 0 Å². The van der Waals surface area contributed by atoms with Crippen LogP contribution in [0.25, 0.3) is 0 Å². The number of nitrogens with one attached hydrogen (secondary N) is 1. The van der Waals surface area contributed by atoms with Crippen LogP contribution >= 0.6 is 23.8 Å². The van der Waals surface area contributed by atoms with Gasteiger partial charge in [0, 0.05) is 16.5 Å². The van der Waals surface area contributed by atoms with Gasteiger partial charge >= 0.3 is 0 Å². The van der Waals surface area contributed by atoms with E-state index in [1.165, 1.54) is 0 Å². The fourth-order valence-corrected chi connectivity index (χ4v) is 1.63. The fraction of sp³-hybridized carbons (Fsp3) is 0.333. The third-order valence-electron chi connectivity index (χ3n) is 2.56. The molecule has 0 aliphatic heterocycles. The Labute approximate surface area is 111 Å². The fourth-order valence-electron chi connectivity index (χ4n) is 1.28. The lowest BCUT2D eigenvalue weighted by atomic mass is 10.1. The van der Waals surface area contributed by atoms with Gasteiger partial charge in [-0.1, -0.05) is 37.7 Å². The summed E-state index contributed by atoms with van der Waals surface area (Å²) in [7, 11) is 0. The monoisotopic (exact) mass is 270 g/mol. The van der Waals surface area contributed by atoms with Crippen molar-refractivity contribution in [2.45, 2.75) is 20.3 Å². The van der Waals surface area contributed by atoms with Gasteiger partial charge in [0.2, 0.25) is 5.91 Å². The third-order valence-corrected chi connectivity index (χ3v) is 3.02. The summed E-state index contributed by atoms with van der Waals surface area (Å²) in [4.78, 5) is 12.0. The number of anilines is 1. The normalized spacial score (nSPS) is 11.9. The zero-order valence-electron chi connectivity index (χ0n) is 9.79. The van der Waals surface area contributed by atoms with Crippen molar-refractivity contribution in [2.24, 2.45) is 11.7 Å². The van der Waals surface area contributed by atoms with Crippen LogP contribution in [0.3, 0.4) is 0 Å². The van der Waals surface area contributed by atoms with Crippen molar-refractivity contribution in [3.8, 4) is 0 Å². The lowest BCUT2D eigenvalue weighted by Crippen LogP contribution is -2.22. The first-order chi connectivity index (χ1) is 7.95. The molecule has 17 heavy (non-hydrogen) atoms. The van der Waals surface area contributed by atoms with Crippen LogP contribution in [-0.2, 0) is 4.79 Å². The summed E-state index contributed by atoms with van der Waals surface area (Å²) in [5.41, 5.74) is 6.78. The molecule has 92 valence electrons. The predicted octanol–water partition coefficient (Wildman–Crippen LogP) is 2.96. The van der Waals surface area contributed by atoms with Gasteiger partial charge in [-0.05, 0) is 24.6 Å². The second kappa shape index (κ2) is 5.98. The molecule has 0 saturated carbocycles. The molecule has 0 aliphatic carbocycles. The maximum absolute atomic E-state index is 11.8. The smallest absolute Gasteiger partial charge is 0.227 e. The van der Waals surface area contributed by atoms with E-state index in [2.05, 4.69) is 5.32 Å². The van der Waals surface area contributed by atoms with Crippen LogP contribution in [0.5, 0.6) is 0 Å². The Morgan fingerprint density at radius 2 is 2.24 bits per heavy atom. The van der Waals surface area contributed by atoms with Crippen molar-refractivity contribution in [1.82, 2.24) is 0 Å². The highest BCUT2D eigenvalue weighted by atomic mass is 35.5. The molecule has 1 rings (SSSR count). The highest BCUT2D eigenvalue weighted by Crippen LogP contribution is 2.22. The summed E-state index contributed by atoms with van der Waals surface area (Å²) >= 11 is 10.8. The highest BCUT2D eigenvalue weighted by Gasteiger charge is 2.13. The van der Waals surface area contributed by atoms with Gasteiger partial charge in [-0.15, -0.1) is 0 Å². The number of carbonyl (C=O) groups is 1. The molecule has 1 unspecified atom stereocenters. The number of rotatable bonds is 4. The number of thiocarbonyl (C=S) groups is 1. The number of benzene rings is 1. The lowest BCUT2D eigenvalue weighted by Gasteiger charge is -2.13. The maximum Gasteiger partial charge on any atom is 0.227 e. The molecule has 1 amide bonds. The first-order valence-electron chi connectivity index (χ1n) is 5.36. The van der Waals surface area contributed by atoms with Gasteiger partial charge in [-0.2, -0.15) is 0 Å². The van der Waals surface area contributed by atoms with Crippen LogP contribution in [0, 0.1) is 5.92 Å². The van der Waals surface area contributed by atoms with Crippen molar-refractivity contribution in [2.75, 3.05) is 5.32 Å². The van der Waals surface area contributed by atoms with E-state index in [4.69, 9.17) is 29.6 Å². The largest absolute Gasteiger partial charge is 0.389 e. The van der Waals surface area contributed by atoms with Gasteiger partial charge in [-0.3, -0.25) is 4.79 Å². The van der Waals surface area contributed by atoms with E-state index in [1.807, 2.05) is 13.8 Å². The van der Waals surface area contributed by atoms with Crippen molar-refractivity contribution >= 4 is 40.4 Å². The van der Waals surface area contributed by atoms with E-state index in [0.29, 0.717) is 16.3 Å². The average Bonchev–Trinajstić information content (AvgIpc) is 2.27. The van der Waals surface area contributed by atoms with Crippen LogP contribution in [0.1, 0.15) is 25.8 Å². The minimum Gasteiger partial charge on any atom is -0.389 e. The van der Waals surface area contributed by atoms with E-state index < -0.39 is 0 Å². The number of hydrogen-bond acceptors (Lipinski definition) is 2. The van der Waals surface area contributed by atoms with Gasteiger partial charge < -0.3 is 11.1 Å². The molecule has 1 atom stereocenters. The second-order valence-electron chi connectivity index (χ2n) is 3.85. The molecule has 3 N–H and O–H groups in total. The quantitative estimate of drug-likeness (QED) is 0.827. The summed E-state index contributed by atoms with van der Waals surface area (Å²) in [5, 5.41) is 3.32. The zero-order valence-corrected chi connectivity index (χ0v) is 11.4. The summed E-state index contributed by atoms with van der Waals surface area (Å²) in [6, 6.07) is 5.04. The first-order valence-corrected chi connectivity index (χ1v) is 6.14. The number of nitrogens with two attached hydrogens (primary N) is 1. The van der Waals surface area contributed by atoms with Crippen LogP contribution in [0.2, 0.25) is 5.02 Å². The molecule has 0 fully saturated rings. The van der Waals surface area contributed by atoms with Gasteiger partial charge in [-0.25, -0.2) is 0 Å². The van der Waals surface area contributed by atoms with Crippen LogP contribution in [0.4, 0.5) is 5.69 Å². The molecule has 0 heterocycles. The van der Waals surface area contributed by atoms with E-state index in [9.17, 15) is 4.79 Å². The zero-order chi connectivity index (χ0) is 13.0. The molecule has 0 radical (unpaired) electrons. The second-order valence-corrected chi connectivity index (χ2v) is 4.73.